The maximum atomic E-state index is 5.64. The fourth-order valence-corrected chi connectivity index (χ4v) is 3.90. The van der Waals surface area contributed by atoms with E-state index in [0.717, 1.165) is 17.7 Å². The van der Waals surface area contributed by atoms with Crippen LogP contribution in [0.4, 0.5) is 0 Å². The summed E-state index contributed by atoms with van der Waals surface area (Å²) in [5, 5.41) is 0. The van der Waals surface area contributed by atoms with Gasteiger partial charge in [0, 0.05) is 11.8 Å². The maximum absolute atomic E-state index is 5.64. The van der Waals surface area contributed by atoms with Crippen molar-refractivity contribution in [3.63, 3.8) is 0 Å². The number of hydrogen-bond donors (Lipinski definition) is 0. The smallest absolute Gasteiger partial charge is 0.196 e. The number of nitrogens with zero attached hydrogens (tertiary/aromatic N) is 1. The van der Waals surface area contributed by atoms with Gasteiger partial charge in [-0.25, -0.2) is 4.98 Å². The molecule has 1 aromatic heterocycles. The summed E-state index contributed by atoms with van der Waals surface area (Å²) in [6, 6.07) is 0. The minimum Gasteiger partial charge on any atom is -0.448 e. The summed E-state index contributed by atoms with van der Waals surface area (Å²) >= 11 is 0. The summed E-state index contributed by atoms with van der Waals surface area (Å²) in [7, 11) is 0. The van der Waals surface area contributed by atoms with Gasteiger partial charge in [-0.3, -0.25) is 0 Å². The van der Waals surface area contributed by atoms with E-state index in [9.17, 15) is 0 Å². The highest BCUT2D eigenvalue weighted by molar-refractivity contribution is 5.24. The Morgan fingerprint density at radius 1 is 1.17 bits per heavy atom. The van der Waals surface area contributed by atoms with Crippen LogP contribution in [0.3, 0.4) is 0 Å². The second kappa shape index (κ2) is 4.25. The van der Waals surface area contributed by atoms with Crippen molar-refractivity contribution in [1.29, 1.82) is 0 Å². The van der Waals surface area contributed by atoms with E-state index in [1.807, 2.05) is 6.26 Å². The van der Waals surface area contributed by atoms with Crippen molar-refractivity contribution in [2.75, 3.05) is 0 Å². The topological polar surface area (TPSA) is 26.0 Å². The monoisotopic (exact) mass is 245 g/mol. The van der Waals surface area contributed by atoms with Gasteiger partial charge in [0.15, 0.2) is 5.89 Å². The minimum absolute atomic E-state index is 0.380. The average molecular weight is 245 g/mol. The highest BCUT2D eigenvalue weighted by Crippen LogP contribution is 2.55. The summed E-state index contributed by atoms with van der Waals surface area (Å²) in [6.07, 6.45) is 8.05. The summed E-state index contributed by atoms with van der Waals surface area (Å²) in [4.78, 5) is 4.74. The molecule has 0 aliphatic heterocycles. The Morgan fingerprint density at radius 2 is 1.89 bits per heavy atom. The van der Waals surface area contributed by atoms with Gasteiger partial charge in [-0.2, -0.15) is 0 Å². The Hall–Kier alpha value is -1.05. The summed E-state index contributed by atoms with van der Waals surface area (Å²) in [5.41, 5.74) is 1.19. The van der Waals surface area contributed by atoms with E-state index >= 15 is 0 Å². The average Bonchev–Trinajstić information content (AvgIpc) is 3.02. The molecule has 98 valence electrons. The molecule has 0 N–H and O–H groups in total. The molecule has 2 aliphatic rings. The maximum Gasteiger partial charge on any atom is 0.196 e. The van der Waals surface area contributed by atoms with Crippen LogP contribution in [-0.4, -0.2) is 4.98 Å². The molecule has 2 nitrogen and oxygen atoms in total. The van der Waals surface area contributed by atoms with Crippen LogP contribution in [-0.2, 0) is 0 Å². The summed E-state index contributed by atoms with van der Waals surface area (Å²) < 4.78 is 5.64. The Bertz CT molecular complexity index is 457. The molecular formula is C16H23NO. The number of aromatic nitrogens is 1. The van der Waals surface area contributed by atoms with E-state index in [1.165, 1.54) is 12.1 Å². The molecule has 2 aliphatic carbocycles. The predicted molar refractivity (Wildman–Crippen MR) is 72.4 cm³/mol. The van der Waals surface area contributed by atoms with Gasteiger partial charge in [-0.1, -0.05) is 39.8 Å². The molecular weight excluding hydrogens is 222 g/mol. The molecule has 0 saturated heterocycles. The minimum atomic E-state index is 0.380. The van der Waals surface area contributed by atoms with Crippen molar-refractivity contribution in [1.82, 2.24) is 4.98 Å². The van der Waals surface area contributed by atoms with Gasteiger partial charge < -0.3 is 4.42 Å². The number of hydrogen-bond acceptors (Lipinski definition) is 2. The molecule has 4 unspecified atom stereocenters. The number of oxazole rings is 1. The van der Waals surface area contributed by atoms with E-state index in [0.29, 0.717) is 23.7 Å². The Balaban J connectivity index is 1.92. The zero-order valence-electron chi connectivity index (χ0n) is 11.8. The number of allylic oxidation sites excluding steroid dienone is 2. The number of fused-ring (bicyclic) bond motifs is 2. The van der Waals surface area contributed by atoms with Crippen LogP contribution in [0.15, 0.2) is 22.8 Å². The lowest BCUT2D eigenvalue weighted by Crippen LogP contribution is -2.23. The molecule has 1 heterocycles. The second-order valence-electron chi connectivity index (χ2n) is 6.56. The first-order chi connectivity index (χ1) is 8.58. The van der Waals surface area contributed by atoms with E-state index < -0.39 is 0 Å². The van der Waals surface area contributed by atoms with E-state index in [-0.39, 0.29) is 0 Å². The molecule has 1 fully saturated rings. The van der Waals surface area contributed by atoms with Crippen LogP contribution >= 0.6 is 0 Å². The van der Waals surface area contributed by atoms with Gasteiger partial charge in [0.05, 0.1) is 5.69 Å². The summed E-state index contributed by atoms with van der Waals surface area (Å²) in [5.74, 6) is 4.76. The van der Waals surface area contributed by atoms with Crippen molar-refractivity contribution in [3.05, 3.63) is 30.0 Å². The molecule has 2 heteroatoms. The third-order valence-electron chi connectivity index (χ3n) is 4.67. The Labute approximate surface area is 109 Å². The molecule has 0 spiro atoms. The first-order valence-electron chi connectivity index (χ1n) is 7.21. The normalized spacial score (nSPS) is 34.1. The molecule has 0 amide bonds. The lowest BCUT2D eigenvalue weighted by molar-refractivity contribution is 0.290. The largest absolute Gasteiger partial charge is 0.448 e. The van der Waals surface area contributed by atoms with Gasteiger partial charge in [0.1, 0.15) is 6.26 Å². The van der Waals surface area contributed by atoms with Gasteiger partial charge in [-0.15, -0.1) is 0 Å². The lowest BCUT2D eigenvalue weighted by Gasteiger charge is -2.29. The highest BCUT2D eigenvalue weighted by atomic mass is 16.3. The van der Waals surface area contributed by atoms with Gasteiger partial charge in [0.25, 0.3) is 0 Å². The van der Waals surface area contributed by atoms with Crippen LogP contribution < -0.4 is 0 Å². The first kappa shape index (κ1) is 12.0. The fourth-order valence-electron chi connectivity index (χ4n) is 3.90. The summed E-state index contributed by atoms with van der Waals surface area (Å²) in [6.45, 7) is 8.96. The van der Waals surface area contributed by atoms with E-state index in [1.54, 1.807) is 0 Å². The number of rotatable bonds is 3. The van der Waals surface area contributed by atoms with Crippen molar-refractivity contribution >= 4 is 0 Å². The van der Waals surface area contributed by atoms with Gasteiger partial charge in [0.2, 0.25) is 0 Å². The molecule has 2 bridgehead atoms. The quantitative estimate of drug-likeness (QED) is 0.739. The molecule has 0 radical (unpaired) electrons. The van der Waals surface area contributed by atoms with Crippen LogP contribution in [0.25, 0.3) is 0 Å². The zero-order valence-corrected chi connectivity index (χ0v) is 11.8. The second-order valence-corrected chi connectivity index (χ2v) is 6.56. The van der Waals surface area contributed by atoms with Crippen molar-refractivity contribution < 1.29 is 4.42 Å². The van der Waals surface area contributed by atoms with Gasteiger partial charge >= 0.3 is 0 Å². The lowest BCUT2D eigenvalue weighted by atomic mass is 9.75. The van der Waals surface area contributed by atoms with E-state index in [2.05, 4.69) is 39.8 Å². The molecule has 1 saturated carbocycles. The van der Waals surface area contributed by atoms with Crippen molar-refractivity contribution in [3.8, 4) is 0 Å². The third-order valence-corrected chi connectivity index (χ3v) is 4.67. The van der Waals surface area contributed by atoms with Crippen LogP contribution in [0, 0.1) is 23.7 Å². The molecule has 3 rings (SSSR count). The van der Waals surface area contributed by atoms with Crippen LogP contribution in [0.1, 0.15) is 57.5 Å². The highest BCUT2D eigenvalue weighted by Gasteiger charge is 2.47. The first-order valence-corrected chi connectivity index (χ1v) is 7.21. The van der Waals surface area contributed by atoms with Crippen molar-refractivity contribution in [2.24, 2.45) is 23.7 Å². The molecule has 1 aromatic rings. The van der Waals surface area contributed by atoms with Gasteiger partial charge in [-0.05, 0) is 30.1 Å². The third kappa shape index (κ3) is 1.73. The van der Waals surface area contributed by atoms with Crippen LogP contribution in [0.2, 0.25) is 0 Å². The SMILES string of the molecule is CC(C)c1nc(C2C3C=CC(C3)C2C(C)C)co1. The van der Waals surface area contributed by atoms with E-state index in [4.69, 9.17) is 9.40 Å². The molecule has 0 aromatic carbocycles. The predicted octanol–water partition coefficient (Wildman–Crippen LogP) is 4.36. The fraction of sp³-hybridized carbons (Fsp3) is 0.688. The van der Waals surface area contributed by atoms with Crippen LogP contribution in [0.5, 0.6) is 0 Å². The Kier molecular flexibility index (Phi) is 2.84. The molecule has 4 atom stereocenters. The molecule has 18 heavy (non-hydrogen) atoms. The van der Waals surface area contributed by atoms with Crippen molar-refractivity contribution in [2.45, 2.75) is 46.0 Å². The zero-order chi connectivity index (χ0) is 12.9. The standard InChI is InChI=1S/C16H23NO/c1-9(2)14-11-5-6-12(7-11)15(14)13-8-18-16(17-13)10(3)4/h5-6,8-12,14-15H,7H2,1-4H3. The Morgan fingerprint density at radius 3 is 2.50 bits per heavy atom.